The lowest BCUT2D eigenvalue weighted by atomic mass is 10.0. The van der Waals surface area contributed by atoms with Gasteiger partial charge < -0.3 is 9.72 Å². The third-order valence-corrected chi connectivity index (χ3v) is 4.00. The molecule has 2 atom stereocenters. The van der Waals surface area contributed by atoms with Crippen molar-refractivity contribution in [1.29, 1.82) is 0 Å². The van der Waals surface area contributed by atoms with E-state index in [2.05, 4.69) is 4.98 Å². The van der Waals surface area contributed by atoms with Gasteiger partial charge in [-0.25, -0.2) is 0 Å². The number of hydrogen-bond donors (Lipinski definition) is 1. The number of nitrogens with one attached hydrogen (secondary N) is 1. The van der Waals surface area contributed by atoms with E-state index in [4.69, 9.17) is 27.9 Å². The third kappa shape index (κ3) is 2.27. The van der Waals surface area contributed by atoms with E-state index in [0.29, 0.717) is 15.6 Å². The van der Waals surface area contributed by atoms with Gasteiger partial charge in [0, 0.05) is 27.7 Å². The van der Waals surface area contributed by atoms with E-state index in [-0.39, 0.29) is 18.0 Å². The molecule has 1 N–H and O–H groups in total. The first kappa shape index (κ1) is 13.0. The number of fused-ring (bicyclic) bond motifs is 1. The van der Waals surface area contributed by atoms with Gasteiger partial charge in [-0.05, 0) is 31.9 Å². The SMILES string of the molecule is CC1CCC(C(=O)c2c[nH]c3cc(Cl)cc(Cl)c23)O1. The van der Waals surface area contributed by atoms with Crippen LogP contribution in [0.5, 0.6) is 0 Å². The largest absolute Gasteiger partial charge is 0.367 e. The maximum absolute atomic E-state index is 12.5. The Morgan fingerprint density at radius 1 is 1.37 bits per heavy atom. The molecular weight excluding hydrogens is 285 g/mol. The van der Waals surface area contributed by atoms with Gasteiger partial charge in [-0.3, -0.25) is 4.79 Å². The quantitative estimate of drug-likeness (QED) is 0.843. The molecule has 0 radical (unpaired) electrons. The molecule has 1 fully saturated rings. The van der Waals surface area contributed by atoms with Gasteiger partial charge in [0.2, 0.25) is 0 Å². The minimum atomic E-state index is -0.360. The van der Waals surface area contributed by atoms with Crippen LogP contribution >= 0.6 is 23.2 Å². The first-order valence-electron chi connectivity index (χ1n) is 6.22. The normalized spacial score (nSPS) is 23.1. The highest BCUT2D eigenvalue weighted by Crippen LogP contribution is 2.32. The van der Waals surface area contributed by atoms with Crippen LogP contribution in [0.15, 0.2) is 18.3 Å². The highest BCUT2D eigenvalue weighted by molar-refractivity contribution is 6.39. The second-order valence-electron chi connectivity index (χ2n) is 4.89. The van der Waals surface area contributed by atoms with E-state index in [1.54, 1.807) is 18.3 Å². The molecule has 0 spiro atoms. The van der Waals surface area contributed by atoms with E-state index in [1.165, 1.54) is 0 Å². The maximum Gasteiger partial charge on any atom is 0.193 e. The molecule has 5 heteroatoms. The minimum absolute atomic E-state index is 0.0141. The zero-order chi connectivity index (χ0) is 13.6. The molecule has 2 unspecified atom stereocenters. The van der Waals surface area contributed by atoms with Crippen LogP contribution < -0.4 is 0 Å². The fourth-order valence-electron chi connectivity index (χ4n) is 2.55. The van der Waals surface area contributed by atoms with Gasteiger partial charge in [-0.15, -0.1) is 0 Å². The number of benzene rings is 1. The van der Waals surface area contributed by atoms with E-state index in [9.17, 15) is 4.79 Å². The van der Waals surface area contributed by atoms with Crippen LogP contribution in [0.1, 0.15) is 30.1 Å². The molecule has 3 rings (SSSR count). The lowest BCUT2D eigenvalue weighted by Gasteiger charge is -2.09. The number of carbonyl (C=O) groups excluding carboxylic acids is 1. The summed E-state index contributed by atoms with van der Waals surface area (Å²) < 4.78 is 5.63. The van der Waals surface area contributed by atoms with Crippen molar-refractivity contribution in [3.8, 4) is 0 Å². The average molecular weight is 298 g/mol. The smallest absolute Gasteiger partial charge is 0.193 e. The van der Waals surface area contributed by atoms with Crippen LogP contribution in [0.4, 0.5) is 0 Å². The highest BCUT2D eigenvalue weighted by Gasteiger charge is 2.30. The molecule has 2 aromatic rings. The summed E-state index contributed by atoms with van der Waals surface area (Å²) in [6.07, 6.45) is 3.14. The molecule has 1 saturated heterocycles. The van der Waals surface area contributed by atoms with E-state index in [0.717, 1.165) is 23.7 Å². The Labute approximate surface area is 120 Å². The number of aromatic nitrogens is 1. The molecule has 1 aromatic heterocycles. The number of carbonyl (C=O) groups is 1. The molecule has 0 saturated carbocycles. The molecular formula is C14H13Cl2NO2. The average Bonchev–Trinajstić information content (AvgIpc) is 2.94. The summed E-state index contributed by atoms with van der Waals surface area (Å²) in [6, 6.07) is 3.41. The topological polar surface area (TPSA) is 42.1 Å². The van der Waals surface area contributed by atoms with Crippen LogP contribution in [0, 0.1) is 0 Å². The predicted molar refractivity (Wildman–Crippen MR) is 76.2 cm³/mol. The first-order chi connectivity index (χ1) is 9.06. The van der Waals surface area contributed by atoms with E-state index >= 15 is 0 Å². The van der Waals surface area contributed by atoms with Crippen molar-refractivity contribution in [3.63, 3.8) is 0 Å². The Kier molecular flexibility index (Phi) is 3.29. The fraction of sp³-hybridized carbons (Fsp3) is 0.357. The summed E-state index contributed by atoms with van der Waals surface area (Å²) in [5.74, 6) is -0.0141. The Hall–Kier alpha value is -1.03. The fourth-order valence-corrected chi connectivity index (χ4v) is 3.14. The Morgan fingerprint density at radius 3 is 2.84 bits per heavy atom. The summed E-state index contributed by atoms with van der Waals surface area (Å²) >= 11 is 12.1. The van der Waals surface area contributed by atoms with Gasteiger partial charge in [0.05, 0.1) is 11.1 Å². The molecule has 1 aromatic carbocycles. The molecule has 3 nitrogen and oxygen atoms in total. The highest BCUT2D eigenvalue weighted by atomic mass is 35.5. The second-order valence-corrected chi connectivity index (χ2v) is 5.73. The lowest BCUT2D eigenvalue weighted by molar-refractivity contribution is 0.0435. The van der Waals surface area contributed by atoms with Crippen LogP contribution in [0.25, 0.3) is 10.9 Å². The third-order valence-electron chi connectivity index (χ3n) is 3.49. The Balaban J connectivity index is 2.03. The number of H-pyrrole nitrogens is 1. The van der Waals surface area contributed by atoms with Crippen molar-refractivity contribution in [2.75, 3.05) is 0 Å². The van der Waals surface area contributed by atoms with Crippen LogP contribution in [-0.4, -0.2) is 23.0 Å². The first-order valence-corrected chi connectivity index (χ1v) is 6.97. The van der Waals surface area contributed by atoms with Gasteiger partial charge in [0.25, 0.3) is 0 Å². The molecule has 0 aliphatic carbocycles. The Morgan fingerprint density at radius 2 is 2.16 bits per heavy atom. The van der Waals surface area contributed by atoms with Gasteiger partial charge in [-0.1, -0.05) is 23.2 Å². The van der Waals surface area contributed by atoms with E-state index in [1.807, 2.05) is 6.92 Å². The zero-order valence-electron chi connectivity index (χ0n) is 10.4. The van der Waals surface area contributed by atoms with Crippen molar-refractivity contribution in [3.05, 3.63) is 33.9 Å². The van der Waals surface area contributed by atoms with Crippen molar-refractivity contribution in [2.24, 2.45) is 0 Å². The van der Waals surface area contributed by atoms with Gasteiger partial charge >= 0.3 is 0 Å². The Bertz CT molecular complexity index is 650. The minimum Gasteiger partial charge on any atom is -0.367 e. The molecule has 2 heterocycles. The number of aromatic amines is 1. The van der Waals surface area contributed by atoms with Gasteiger partial charge in [-0.2, -0.15) is 0 Å². The molecule has 0 bridgehead atoms. The van der Waals surface area contributed by atoms with Crippen molar-refractivity contribution in [2.45, 2.75) is 32.0 Å². The molecule has 1 aliphatic heterocycles. The number of ketones is 1. The van der Waals surface area contributed by atoms with Crippen molar-refractivity contribution < 1.29 is 9.53 Å². The number of rotatable bonds is 2. The summed E-state index contributed by atoms with van der Waals surface area (Å²) in [4.78, 5) is 15.5. The van der Waals surface area contributed by atoms with E-state index < -0.39 is 0 Å². The summed E-state index contributed by atoms with van der Waals surface area (Å²) in [5, 5.41) is 1.75. The summed E-state index contributed by atoms with van der Waals surface area (Å²) in [7, 11) is 0. The summed E-state index contributed by atoms with van der Waals surface area (Å²) in [5.41, 5.74) is 1.35. The predicted octanol–water partition coefficient (Wildman–Crippen LogP) is 4.22. The maximum atomic E-state index is 12.5. The standard InChI is InChI=1S/C14H13Cl2NO2/c1-7-2-3-12(19-7)14(18)9-6-17-11-5-8(15)4-10(16)13(9)11/h4-7,12,17H,2-3H2,1H3. The number of halogens is 2. The molecule has 19 heavy (non-hydrogen) atoms. The number of ether oxygens (including phenoxy) is 1. The monoisotopic (exact) mass is 297 g/mol. The zero-order valence-corrected chi connectivity index (χ0v) is 11.9. The molecule has 100 valence electrons. The van der Waals surface area contributed by atoms with Gasteiger partial charge in [0.1, 0.15) is 6.10 Å². The molecule has 1 aliphatic rings. The number of hydrogen-bond acceptors (Lipinski definition) is 2. The van der Waals surface area contributed by atoms with Crippen molar-refractivity contribution in [1.82, 2.24) is 4.98 Å². The summed E-state index contributed by atoms with van der Waals surface area (Å²) in [6.45, 7) is 1.98. The van der Waals surface area contributed by atoms with Crippen molar-refractivity contribution >= 4 is 39.9 Å². The van der Waals surface area contributed by atoms with Crippen LogP contribution in [0.3, 0.4) is 0 Å². The lowest BCUT2D eigenvalue weighted by Crippen LogP contribution is -2.20. The number of Topliss-reactive ketones (excluding diaryl/α,β-unsaturated/α-hetero) is 1. The van der Waals surface area contributed by atoms with Gasteiger partial charge in [0.15, 0.2) is 5.78 Å². The van der Waals surface area contributed by atoms with Crippen LogP contribution in [-0.2, 0) is 4.74 Å². The van der Waals surface area contributed by atoms with Crippen LogP contribution in [0.2, 0.25) is 10.0 Å². The molecule has 0 amide bonds. The second kappa shape index (κ2) is 4.82.